The molecular formula is C19H26B3N7O3. The molecule has 0 bridgehead atoms. The van der Waals surface area contributed by atoms with E-state index in [9.17, 15) is 9.90 Å². The lowest BCUT2D eigenvalue weighted by Crippen LogP contribution is -2.38. The first kappa shape index (κ1) is 22.0. The minimum atomic E-state index is -0.612. The number of nitrogens with zero attached hydrogens (tertiary/aromatic N) is 4. The molecule has 32 heavy (non-hydrogen) atoms. The van der Waals surface area contributed by atoms with E-state index in [0.717, 1.165) is 12.8 Å². The van der Waals surface area contributed by atoms with Gasteiger partial charge in [0.2, 0.25) is 5.88 Å². The Morgan fingerprint density at radius 1 is 1.38 bits per heavy atom. The fourth-order valence-corrected chi connectivity index (χ4v) is 3.26. The highest BCUT2D eigenvalue weighted by molar-refractivity contribution is 6.58. The van der Waals surface area contributed by atoms with Gasteiger partial charge in [-0.15, -0.1) is 0 Å². The lowest BCUT2D eigenvalue weighted by molar-refractivity contribution is 0.0937. The second-order valence-electron chi connectivity index (χ2n) is 9.00. The van der Waals surface area contributed by atoms with Gasteiger partial charge in [0.15, 0.2) is 5.65 Å². The van der Waals surface area contributed by atoms with Gasteiger partial charge in [0, 0.05) is 31.2 Å². The van der Waals surface area contributed by atoms with Crippen molar-refractivity contribution in [1.82, 2.24) is 24.9 Å². The summed E-state index contributed by atoms with van der Waals surface area (Å²) in [6, 6.07) is 5.45. The summed E-state index contributed by atoms with van der Waals surface area (Å²) in [7, 11) is 7.63. The van der Waals surface area contributed by atoms with Crippen LogP contribution in [0.4, 0.5) is 17.3 Å². The average molecular weight is 433 g/mol. The predicted octanol–water partition coefficient (Wildman–Crippen LogP) is -1.56. The van der Waals surface area contributed by atoms with E-state index in [1.165, 1.54) is 6.20 Å². The van der Waals surface area contributed by atoms with Crippen LogP contribution in [0.5, 0.6) is 5.88 Å². The second-order valence-corrected chi connectivity index (χ2v) is 9.00. The van der Waals surface area contributed by atoms with Crippen molar-refractivity contribution in [3.63, 3.8) is 0 Å². The molecule has 0 aliphatic heterocycles. The summed E-state index contributed by atoms with van der Waals surface area (Å²) in [5, 5.41) is 23.0. The quantitative estimate of drug-likeness (QED) is 0.299. The first-order valence-corrected chi connectivity index (χ1v) is 10.7. The zero-order valence-electron chi connectivity index (χ0n) is 18.8. The zero-order chi connectivity index (χ0) is 22.9. The third kappa shape index (κ3) is 4.99. The molecule has 164 valence electrons. The van der Waals surface area contributed by atoms with Gasteiger partial charge in [0.05, 0.1) is 11.8 Å². The number of fused-ring (bicyclic) bond motifs is 1. The molecule has 0 spiro atoms. The van der Waals surface area contributed by atoms with Crippen molar-refractivity contribution < 1.29 is 14.6 Å². The molecule has 1 amide bonds. The average Bonchev–Trinajstić information content (AvgIpc) is 3.30. The molecule has 1 saturated carbocycles. The number of aliphatic hydroxyl groups is 1. The van der Waals surface area contributed by atoms with Crippen LogP contribution in [-0.4, -0.2) is 78.6 Å². The molecule has 0 atom stereocenters. The van der Waals surface area contributed by atoms with Crippen LogP contribution >= 0.6 is 0 Å². The maximum atomic E-state index is 12.7. The zero-order valence-corrected chi connectivity index (χ0v) is 18.8. The van der Waals surface area contributed by atoms with E-state index in [1.807, 2.05) is 29.6 Å². The summed E-state index contributed by atoms with van der Waals surface area (Å²) in [6.07, 6.45) is 5.28. The van der Waals surface area contributed by atoms with Gasteiger partial charge in [-0.05, 0) is 31.4 Å². The van der Waals surface area contributed by atoms with Crippen molar-refractivity contribution in [3.05, 3.63) is 36.2 Å². The number of nitrogens with one attached hydrogen (secondary N) is 3. The number of hydrogen-bond donors (Lipinski definition) is 4. The van der Waals surface area contributed by atoms with E-state index >= 15 is 0 Å². The molecule has 4 N–H and O–H groups in total. The molecule has 3 aromatic rings. The van der Waals surface area contributed by atoms with Gasteiger partial charge >= 0.3 is 0 Å². The normalized spacial score (nSPS) is 14.7. The molecule has 0 aromatic carbocycles. The number of aromatic nitrogens is 4. The minimum absolute atomic E-state index is 0.283. The van der Waals surface area contributed by atoms with Crippen molar-refractivity contribution in [1.29, 1.82) is 0 Å². The second kappa shape index (κ2) is 8.38. The van der Waals surface area contributed by atoms with Gasteiger partial charge < -0.3 is 25.8 Å². The Balaban J connectivity index is 1.61. The molecule has 3 heterocycles. The minimum Gasteiger partial charge on any atom is -0.497 e. The van der Waals surface area contributed by atoms with Gasteiger partial charge in [-0.1, -0.05) is 0 Å². The molecule has 0 unspecified atom stereocenters. The fourth-order valence-electron chi connectivity index (χ4n) is 3.26. The Labute approximate surface area is 188 Å². The Morgan fingerprint density at radius 2 is 2.16 bits per heavy atom. The SMILES string of the molecule is BC(B)(B)Oc1ncccc1Nc1cc(NC)n2ncc(C(=O)NCCC3(O)CC3)c2n1. The molecule has 1 aliphatic rings. The van der Waals surface area contributed by atoms with Gasteiger partial charge in [0.25, 0.3) is 5.91 Å². The first-order valence-electron chi connectivity index (χ1n) is 10.7. The van der Waals surface area contributed by atoms with Gasteiger partial charge in [-0.2, -0.15) is 9.61 Å². The third-order valence-electron chi connectivity index (χ3n) is 5.11. The number of hydrogen-bond acceptors (Lipinski definition) is 8. The fraction of sp³-hybridized carbons (Fsp3) is 0.368. The number of anilines is 3. The van der Waals surface area contributed by atoms with Gasteiger partial charge in [0.1, 0.15) is 46.4 Å². The standard InChI is InChI=1S/C19H26B3N7O3/c1-23-14-9-13(27-12-3-2-7-25-17(12)32-19(20,21)22)28-15-11(10-26-29(14)15)16(30)24-8-6-18(31)4-5-18/h2-3,7,9-10,23,31H,4-6,8,20-22H2,1H3,(H,24,30)(H,27,28). The van der Waals surface area contributed by atoms with Crippen molar-refractivity contribution >= 4 is 52.4 Å². The predicted molar refractivity (Wildman–Crippen MR) is 130 cm³/mol. The van der Waals surface area contributed by atoms with Crippen LogP contribution in [0.25, 0.3) is 5.65 Å². The van der Waals surface area contributed by atoms with E-state index in [4.69, 9.17) is 4.74 Å². The van der Waals surface area contributed by atoms with Crippen LogP contribution in [-0.2, 0) is 0 Å². The van der Waals surface area contributed by atoms with E-state index < -0.39 is 10.9 Å². The summed E-state index contributed by atoms with van der Waals surface area (Å²) in [4.78, 5) is 21.7. The molecule has 4 rings (SSSR count). The van der Waals surface area contributed by atoms with Crippen molar-refractivity contribution in [3.8, 4) is 5.88 Å². The van der Waals surface area contributed by atoms with Crippen molar-refractivity contribution in [2.45, 2.75) is 30.2 Å². The van der Waals surface area contributed by atoms with Gasteiger partial charge in [-0.25, -0.2) is 9.97 Å². The highest BCUT2D eigenvalue weighted by Gasteiger charge is 2.39. The molecule has 10 nitrogen and oxygen atoms in total. The number of rotatable bonds is 9. The largest absolute Gasteiger partial charge is 0.497 e. The Kier molecular flexibility index (Phi) is 5.76. The molecule has 13 heteroatoms. The topological polar surface area (TPSA) is 126 Å². The highest BCUT2D eigenvalue weighted by Crippen LogP contribution is 2.37. The van der Waals surface area contributed by atoms with Crippen LogP contribution in [0.3, 0.4) is 0 Å². The molecule has 3 aromatic heterocycles. The monoisotopic (exact) mass is 433 g/mol. The Morgan fingerprint density at radius 3 is 2.84 bits per heavy atom. The summed E-state index contributed by atoms with van der Waals surface area (Å²) in [5.74, 6) is 1.34. The lowest BCUT2D eigenvalue weighted by Gasteiger charge is -2.22. The van der Waals surface area contributed by atoms with Crippen molar-refractivity contribution in [2.24, 2.45) is 0 Å². The van der Waals surface area contributed by atoms with E-state index in [0.29, 0.717) is 47.4 Å². The van der Waals surface area contributed by atoms with E-state index in [1.54, 1.807) is 29.9 Å². The molecule has 0 saturated heterocycles. The van der Waals surface area contributed by atoms with Crippen LogP contribution in [0, 0.1) is 0 Å². The smallest absolute Gasteiger partial charge is 0.256 e. The maximum absolute atomic E-state index is 12.7. The number of carbonyl (C=O) groups excluding carboxylic acids is 1. The number of pyridine rings is 1. The molecular weight excluding hydrogens is 407 g/mol. The lowest BCUT2D eigenvalue weighted by atomic mass is 9.52. The summed E-state index contributed by atoms with van der Waals surface area (Å²) >= 11 is 0. The first-order chi connectivity index (χ1) is 15.2. The third-order valence-corrected chi connectivity index (χ3v) is 5.11. The summed E-state index contributed by atoms with van der Waals surface area (Å²) in [6.45, 7) is 0.396. The van der Waals surface area contributed by atoms with Crippen LogP contribution < -0.4 is 20.7 Å². The van der Waals surface area contributed by atoms with Crippen LogP contribution in [0.2, 0.25) is 0 Å². The molecule has 1 aliphatic carbocycles. The van der Waals surface area contributed by atoms with Crippen molar-refractivity contribution in [2.75, 3.05) is 24.2 Å². The number of ether oxygens (including phenoxy) is 1. The van der Waals surface area contributed by atoms with E-state index in [2.05, 4.69) is 31.0 Å². The number of amides is 1. The highest BCUT2D eigenvalue weighted by atomic mass is 16.5. The maximum Gasteiger partial charge on any atom is 0.256 e. The summed E-state index contributed by atoms with van der Waals surface area (Å²) < 4.78 is 7.53. The van der Waals surface area contributed by atoms with Crippen LogP contribution in [0.1, 0.15) is 29.6 Å². The van der Waals surface area contributed by atoms with E-state index in [-0.39, 0.29) is 5.91 Å². The summed E-state index contributed by atoms with van der Waals surface area (Å²) in [5.41, 5.74) is 0.804. The van der Waals surface area contributed by atoms with Crippen LogP contribution in [0.15, 0.2) is 30.6 Å². The molecule has 0 radical (unpaired) electrons. The molecule has 1 fully saturated rings. The van der Waals surface area contributed by atoms with Gasteiger partial charge in [-0.3, -0.25) is 4.79 Å². The number of carbonyl (C=O) groups is 1. The Bertz CT molecular complexity index is 1140. The Hall–Kier alpha value is -3.21.